The van der Waals surface area contributed by atoms with E-state index in [2.05, 4.69) is 17.9 Å². The third-order valence-corrected chi connectivity index (χ3v) is 2.72. The van der Waals surface area contributed by atoms with Crippen molar-refractivity contribution in [3.8, 4) is 0 Å². The summed E-state index contributed by atoms with van der Waals surface area (Å²) in [6.07, 6.45) is 0. The molecular formula is C12H22N2O3S2. The molecule has 7 heteroatoms. The van der Waals surface area contributed by atoms with Crippen LogP contribution < -0.4 is 5.32 Å². The third kappa shape index (κ3) is 7.37. The maximum absolute atomic E-state index is 11.9. The second-order valence-electron chi connectivity index (χ2n) is 5.81. The number of carbonyl (C=O) groups excluding carboxylic acids is 2. The van der Waals surface area contributed by atoms with Gasteiger partial charge in [-0.25, -0.2) is 4.79 Å². The molecule has 5 nitrogen and oxygen atoms in total. The first kappa shape index (κ1) is 18.2. The van der Waals surface area contributed by atoms with Crippen molar-refractivity contribution in [1.29, 1.82) is 0 Å². The van der Waals surface area contributed by atoms with Crippen LogP contribution in [0.4, 0.5) is 0 Å². The van der Waals surface area contributed by atoms with Crippen LogP contribution in [-0.2, 0) is 14.3 Å². The van der Waals surface area contributed by atoms with Crippen molar-refractivity contribution in [2.75, 3.05) is 13.6 Å². The van der Waals surface area contributed by atoms with Gasteiger partial charge >= 0.3 is 5.97 Å². The molecule has 0 aromatic rings. The van der Waals surface area contributed by atoms with Gasteiger partial charge in [-0.15, -0.1) is 12.6 Å². The Labute approximate surface area is 125 Å². The van der Waals surface area contributed by atoms with Crippen LogP contribution in [0.25, 0.3) is 0 Å². The zero-order valence-electron chi connectivity index (χ0n) is 12.2. The van der Waals surface area contributed by atoms with Crippen LogP contribution in [0.2, 0.25) is 0 Å². The first-order chi connectivity index (χ1) is 8.35. The van der Waals surface area contributed by atoms with Gasteiger partial charge in [-0.1, -0.05) is 12.2 Å². The molecule has 0 rings (SSSR count). The number of amides is 1. The number of likely N-dealkylation sites (N-methyl/N-ethyl adjacent to an activating group) is 1. The highest BCUT2D eigenvalue weighted by molar-refractivity contribution is 8.10. The summed E-state index contributed by atoms with van der Waals surface area (Å²) < 4.78 is 5.56. The summed E-state index contributed by atoms with van der Waals surface area (Å²) in [5.41, 5.74) is -1.69. The lowest BCUT2D eigenvalue weighted by Gasteiger charge is -2.29. The molecule has 0 spiro atoms. The van der Waals surface area contributed by atoms with Crippen LogP contribution in [0.15, 0.2) is 0 Å². The molecule has 0 aliphatic carbocycles. The van der Waals surface area contributed by atoms with Gasteiger partial charge in [0.1, 0.15) is 15.5 Å². The molecule has 0 aromatic heterocycles. The number of nitrogens with zero attached hydrogens (tertiary/aromatic N) is 1. The number of ether oxygens (including phenoxy) is 1. The molecule has 19 heavy (non-hydrogen) atoms. The number of thiocarbonyl (C=S) groups is 1. The molecule has 1 N–H and O–H groups in total. The van der Waals surface area contributed by atoms with Crippen molar-refractivity contribution in [2.45, 2.75) is 45.8 Å². The molecule has 0 unspecified atom stereocenters. The Balaban J connectivity index is 4.56. The van der Waals surface area contributed by atoms with Crippen LogP contribution >= 0.6 is 24.8 Å². The first-order valence-electron chi connectivity index (χ1n) is 5.83. The molecule has 110 valence electrons. The van der Waals surface area contributed by atoms with Crippen LogP contribution in [0.3, 0.4) is 0 Å². The number of hydrogen-bond acceptors (Lipinski definition) is 4. The Bertz CT molecular complexity index is 376. The fraction of sp³-hybridized carbons (Fsp3) is 0.750. The highest BCUT2D eigenvalue weighted by Crippen LogP contribution is 2.14. The average molecular weight is 306 g/mol. The summed E-state index contributed by atoms with van der Waals surface area (Å²) >= 11 is 8.78. The largest absolute Gasteiger partial charge is 0.458 e. The van der Waals surface area contributed by atoms with Gasteiger partial charge in [-0.05, 0) is 34.6 Å². The summed E-state index contributed by atoms with van der Waals surface area (Å²) in [6.45, 7) is 8.55. The molecule has 0 aliphatic rings. The second kappa shape index (κ2) is 6.56. The van der Waals surface area contributed by atoms with Gasteiger partial charge in [0.2, 0.25) is 5.91 Å². The van der Waals surface area contributed by atoms with E-state index in [0.29, 0.717) is 4.32 Å². The highest BCUT2D eigenvalue weighted by atomic mass is 32.1. The zero-order chi connectivity index (χ0) is 15.4. The topological polar surface area (TPSA) is 58.6 Å². The monoisotopic (exact) mass is 306 g/mol. The molecule has 0 atom stereocenters. The minimum Gasteiger partial charge on any atom is -0.458 e. The quantitative estimate of drug-likeness (QED) is 0.467. The molecule has 0 fully saturated rings. The predicted molar refractivity (Wildman–Crippen MR) is 82.3 cm³/mol. The van der Waals surface area contributed by atoms with Crippen LogP contribution in [0.1, 0.15) is 34.6 Å². The standard InChI is InChI=1S/C12H22N2O3S2/c1-11(2,3)17-9(16)12(4,5)13-8(15)7-14(6)10(18)19/h7H2,1-6H3,(H,13,15)(H,18,19). The van der Waals surface area contributed by atoms with Crippen LogP contribution in [0.5, 0.6) is 0 Å². The van der Waals surface area contributed by atoms with Crippen molar-refractivity contribution < 1.29 is 14.3 Å². The van der Waals surface area contributed by atoms with Crippen LogP contribution in [0, 0.1) is 0 Å². The molecule has 0 aliphatic heterocycles. The van der Waals surface area contributed by atoms with Crippen molar-refractivity contribution in [2.24, 2.45) is 0 Å². The van der Waals surface area contributed by atoms with Gasteiger partial charge < -0.3 is 15.0 Å². The number of carbonyl (C=O) groups is 2. The highest BCUT2D eigenvalue weighted by Gasteiger charge is 2.34. The summed E-state index contributed by atoms with van der Waals surface area (Å²) in [4.78, 5) is 25.2. The van der Waals surface area contributed by atoms with E-state index < -0.39 is 17.1 Å². The van der Waals surface area contributed by atoms with Gasteiger partial charge in [0, 0.05) is 7.05 Å². The average Bonchev–Trinajstić information content (AvgIpc) is 2.13. The number of rotatable bonds is 4. The number of nitrogens with one attached hydrogen (secondary N) is 1. The molecular weight excluding hydrogens is 284 g/mol. The van der Waals surface area contributed by atoms with Gasteiger partial charge in [-0.3, -0.25) is 4.79 Å². The molecule has 0 radical (unpaired) electrons. The molecule has 0 bridgehead atoms. The van der Waals surface area contributed by atoms with E-state index in [1.165, 1.54) is 4.90 Å². The Morgan fingerprint density at radius 2 is 1.74 bits per heavy atom. The van der Waals surface area contributed by atoms with Crippen LogP contribution in [-0.4, -0.2) is 45.8 Å². The van der Waals surface area contributed by atoms with Crippen molar-refractivity contribution >= 4 is 41.0 Å². The minimum absolute atomic E-state index is 0.0363. The Hall–Kier alpha value is -0.820. The smallest absolute Gasteiger partial charge is 0.331 e. The Kier molecular flexibility index (Phi) is 6.28. The maximum Gasteiger partial charge on any atom is 0.331 e. The predicted octanol–water partition coefficient (Wildman–Crippen LogP) is 1.37. The first-order valence-corrected chi connectivity index (χ1v) is 6.69. The fourth-order valence-electron chi connectivity index (χ4n) is 1.13. The van der Waals surface area contributed by atoms with E-state index in [-0.39, 0.29) is 12.5 Å². The summed E-state index contributed by atoms with van der Waals surface area (Å²) in [5, 5.41) is 2.62. The van der Waals surface area contributed by atoms with Gasteiger partial charge in [-0.2, -0.15) is 0 Å². The molecule has 0 saturated heterocycles. The van der Waals surface area contributed by atoms with Crippen molar-refractivity contribution in [1.82, 2.24) is 10.2 Å². The van der Waals surface area contributed by atoms with E-state index in [1.807, 2.05) is 0 Å². The fourth-order valence-corrected chi connectivity index (χ4v) is 1.26. The second-order valence-corrected chi connectivity index (χ2v) is 6.93. The molecule has 0 heterocycles. The number of esters is 1. The summed E-state index contributed by atoms with van der Waals surface area (Å²) in [7, 11) is 1.65. The number of thiol groups is 1. The minimum atomic E-state index is -1.09. The maximum atomic E-state index is 11.9. The SMILES string of the molecule is CN(CC(=O)NC(C)(C)C(=O)OC(C)(C)C)C(=S)S. The Morgan fingerprint density at radius 1 is 1.26 bits per heavy atom. The lowest BCUT2D eigenvalue weighted by Crippen LogP contribution is -2.54. The van der Waals surface area contributed by atoms with Gasteiger partial charge in [0.05, 0.1) is 6.54 Å². The Morgan fingerprint density at radius 3 is 2.11 bits per heavy atom. The lowest BCUT2D eigenvalue weighted by atomic mass is 10.1. The van der Waals surface area contributed by atoms with Gasteiger partial charge in [0.15, 0.2) is 0 Å². The lowest BCUT2D eigenvalue weighted by molar-refractivity contribution is -0.163. The zero-order valence-corrected chi connectivity index (χ0v) is 13.9. The van der Waals surface area contributed by atoms with E-state index in [0.717, 1.165) is 0 Å². The summed E-state index contributed by atoms with van der Waals surface area (Å²) in [5.74, 6) is -0.806. The van der Waals surface area contributed by atoms with E-state index in [4.69, 9.17) is 17.0 Å². The van der Waals surface area contributed by atoms with E-state index >= 15 is 0 Å². The molecule has 1 amide bonds. The van der Waals surface area contributed by atoms with E-state index in [9.17, 15) is 9.59 Å². The van der Waals surface area contributed by atoms with Crippen molar-refractivity contribution in [3.63, 3.8) is 0 Å². The molecule has 0 saturated carbocycles. The normalized spacial score (nSPS) is 11.7. The number of hydrogen-bond donors (Lipinski definition) is 2. The third-order valence-electron chi connectivity index (χ3n) is 2.07. The van der Waals surface area contributed by atoms with E-state index in [1.54, 1.807) is 41.7 Å². The summed E-state index contributed by atoms with van der Waals surface area (Å²) in [6, 6.07) is 0. The molecule has 0 aromatic carbocycles. The van der Waals surface area contributed by atoms with Crippen molar-refractivity contribution in [3.05, 3.63) is 0 Å². The van der Waals surface area contributed by atoms with Gasteiger partial charge in [0.25, 0.3) is 0 Å².